The number of hydrogen-bond acceptors (Lipinski definition) is 7. The maximum absolute atomic E-state index is 12.4. The molecule has 1 aliphatic rings. The predicted octanol–water partition coefficient (Wildman–Crippen LogP) is 5.49. The number of benzene rings is 2. The molecule has 8 heteroatoms. The molecule has 1 aromatic heterocycles. The minimum atomic E-state index is -0.341. The molecule has 34 heavy (non-hydrogen) atoms. The van der Waals surface area contributed by atoms with Crippen LogP contribution in [0.4, 0.5) is 22.1 Å². The molecule has 2 heterocycles. The monoisotopic (exact) mass is 461 g/mol. The molecule has 4 rings (SSSR count). The first kappa shape index (κ1) is 23.4. The molecule has 0 aliphatic carbocycles. The highest BCUT2D eigenvalue weighted by Crippen LogP contribution is 2.35. The van der Waals surface area contributed by atoms with Crippen molar-refractivity contribution in [3.63, 3.8) is 0 Å². The van der Waals surface area contributed by atoms with Gasteiger partial charge in [0.2, 0.25) is 11.8 Å². The van der Waals surface area contributed by atoms with Gasteiger partial charge < -0.3 is 25.0 Å². The molecule has 0 saturated carbocycles. The van der Waals surface area contributed by atoms with E-state index in [9.17, 15) is 4.79 Å². The number of anilines is 3. The molecule has 2 N–H and O–H groups in total. The third kappa shape index (κ3) is 5.06. The molecule has 2 aromatic carbocycles. The number of amides is 1. The van der Waals surface area contributed by atoms with Crippen LogP contribution in [-0.2, 0) is 17.7 Å². The Morgan fingerprint density at radius 2 is 1.76 bits per heavy atom. The summed E-state index contributed by atoms with van der Waals surface area (Å²) in [5.74, 6) is 1.65. The van der Waals surface area contributed by atoms with Gasteiger partial charge in [-0.3, -0.25) is 0 Å². The van der Waals surface area contributed by atoms with E-state index in [1.54, 1.807) is 11.8 Å². The molecule has 0 atom stereocenters. The van der Waals surface area contributed by atoms with Crippen LogP contribution in [0.25, 0.3) is 0 Å². The molecule has 178 valence electrons. The number of carbonyl (C=O) groups is 1. The Hall–Kier alpha value is -3.81. The molecule has 8 nitrogen and oxygen atoms in total. The molecular formula is C26H31N5O3. The van der Waals surface area contributed by atoms with Gasteiger partial charge in [0, 0.05) is 31.4 Å². The second-order valence-corrected chi connectivity index (χ2v) is 8.43. The summed E-state index contributed by atoms with van der Waals surface area (Å²) in [5.41, 5.74) is 6.72. The second-order valence-electron chi connectivity index (χ2n) is 8.43. The Kier molecular flexibility index (Phi) is 6.86. The lowest BCUT2D eigenvalue weighted by Gasteiger charge is -2.29. The number of hydrogen-bond donors (Lipinski definition) is 2. The van der Waals surface area contributed by atoms with Crippen molar-refractivity contribution < 1.29 is 14.3 Å². The number of aryl methyl sites for hydroxylation is 3. The van der Waals surface area contributed by atoms with Gasteiger partial charge in [-0.1, -0.05) is 17.7 Å². The van der Waals surface area contributed by atoms with E-state index in [1.807, 2.05) is 64.2 Å². The van der Waals surface area contributed by atoms with Crippen LogP contribution < -0.4 is 15.4 Å². The summed E-state index contributed by atoms with van der Waals surface area (Å²) in [5, 5.41) is 6.46. The summed E-state index contributed by atoms with van der Waals surface area (Å²) in [6, 6.07) is 12.1. The van der Waals surface area contributed by atoms with Crippen LogP contribution in [-0.4, -0.2) is 41.2 Å². The standard InChI is InChI=1S/C26H31N5O3/c1-6-33-26(32)31-12-11-22-21(15-31)24(34-23-17(3)13-20(27-5)14-18(23)4)30-25(29-22)28-19-9-7-16(2)8-10-19/h7-10,13-14,27H,6,11-12,15H2,1-5H3,(H,28,29,30). The van der Waals surface area contributed by atoms with Gasteiger partial charge in [-0.2, -0.15) is 4.98 Å². The number of rotatable bonds is 6. The van der Waals surface area contributed by atoms with Gasteiger partial charge in [-0.25, -0.2) is 9.78 Å². The van der Waals surface area contributed by atoms with E-state index >= 15 is 0 Å². The molecule has 3 aromatic rings. The number of carbonyl (C=O) groups excluding carboxylic acids is 1. The van der Waals surface area contributed by atoms with Gasteiger partial charge in [0.1, 0.15) is 5.75 Å². The number of ether oxygens (including phenoxy) is 2. The Morgan fingerprint density at radius 3 is 2.41 bits per heavy atom. The van der Waals surface area contributed by atoms with E-state index in [0.717, 1.165) is 39.5 Å². The van der Waals surface area contributed by atoms with Crippen molar-refractivity contribution in [3.05, 3.63) is 64.3 Å². The molecule has 0 unspecified atom stereocenters. The number of aromatic nitrogens is 2. The van der Waals surface area contributed by atoms with Gasteiger partial charge in [0.05, 0.1) is 24.4 Å². The lowest BCUT2D eigenvalue weighted by molar-refractivity contribution is 0.102. The van der Waals surface area contributed by atoms with Crippen LogP contribution in [0.5, 0.6) is 11.6 Å². The summed E-state index contributed by atoms with van der Waals surface area (Å²) in [6.45, 7) is 9.06. The first-order chi connectivity index (χ1) is 16.4. The van der Waals surface area contributed by atoms with E-state index in [2.05, 4.69) is 10.6 Å². The topological polar surface area (TPSA) is 88.6 Å². The van der Waals surface area contributed by atoms with Gasteiger partial charge in [0.15, 0.2) is 0 Å². The molecule has 0 spiro atoms. The van der Waals surface area contributed by atoms with Crippen LogP contribution in [0.1, 0.15) is 34.9 Å². The molecule has 1 aliphatic heterocycles. The van der Waals surface area contributed by atoms with Crippen LogP contribution >= 0.6 is 0 Å². The highest BCUT2D eigenvalue weighted by atomic mass is 16.6. The van der Waals surface area contributed by atoms with Crippen molar-refractivity contribution in [2.45, 2.75) is 40.7 Å². The van der Waals surface area contributed by atoms with Crippen molar-refractivity contribution in [3.8, 4) is 11.6 Å². The van der Waals surface area contributed by atoms with Crippen molar-refractivity contribution in [1.82, 2.24) is 14.9 Å². The highest BCUT2D eigenvalue weighted by molar-refractivity contribution is 5.68. The first-order valence-corrected chi connectivity index (χ1v) is 11.5. The molecule has 0 fully saturated rings. The number of fused-ring (bicyclic) bond motifs is 1. The Morgan fingerprint density at radius 1 is 1.06 bits per heavy atom. The van der Waals surface area contributed by atoms with Gasteiger partial charge >= 0.3 is 6.09 Å². The zero-order valence-electron chi connectivity index (χ0n) is 20.4. The summed E-state index contributed by atoms with van der Waals surface area (Å²) in [7, 11) is 1.89. The van der Waals surface area contributed by atoms with Crippen molar-refractivity contribution in [2.24, 2.45) is 0 Å². The van der Waals surface area contributed by atoms with E-state index in [0.29, 0.717) is 37.9 Å². The lowest BCUT2D eigenvalue weighted by atomic mass is 10.1. The van der Waals surface area contributed by atoms with Gasteiger partial charge in [-0.05, 0) is 63.1 Å². The highest BCUT2D eigenvalue weighted by Gasteiger charge is 2.28. The normalized spacial score (nSPS) is 12.7. The molecule has 0 bridgehead atoms. The number of nitrogens with zero attached hydrogens (tertiary/aromatic N) is 3. The zero-order chi connectivity index (χ0) is 24.2. The third-order valence-electron chi connectivity index (χ3n) is 5.80. The van der Waals surface area contributed by atoms with E-state index < -0.39 is 0 Å². The fraction of sp³-hybridized carbons (Fsp3) is 0.346. The van der Waals surface area contributed by atoms with Crippen molar-refractivity contribution in [2.75, 3.05) is 30.8 Å². The predicted molar refractivity (Wildman–Crippen MR) is 133 cm³/mol. The maximum atomic E-state index is 12.4. The van der Waals surface area contributed by atoms with Crippen LogP contribution in [0.15, 0.2) is 36.4 Å². The van der Waals surface area contributed by atoms with Crippen molar-refractivity contribution in [1.29, 1.82) is 0 Å². The Balaban J connectivity index is 1.73. The lowest BCUT2D eigenvalue weighted by Crippen LogP contribution is -2.37. The summed E-state index contributed by atoms with van der Waals surface area (Å²) >= 11 is 0. The maximum Gasteiger partial charge on any atom is 0.410 e. The summed E-state index contributed by atoms with van der Waals surface area (Å²) in [4.78, 5) is 23.5. The van der Waals surface area contributed by atoms with Crippen LogP contribution in [0.2, 0.25) is 0 Å². The zero-order valence-corrected chi connectivity index (χ0v) is 20.4. The van der Waals surface area contributed by atoms with Crippen LogP contribution in [0.3, 0.4) is 0 Å². The second kappa shape index (κ2) is 9.99. The molecular weight excluding hydrogens is 430 g/mol. The van der Waals surface area contributed by atoms with Crippen LogP contribution in [0, 0.1) is 20.8 Å². The summed E-state index contributed by atoms with van der Waals surface area (Å²) in [6.07, 6.45) is 0.249. The Bertz CT molecular complexity index is 1170. The van der Waals surface area contributed by atoms with E-state index in [4.69, 9.17) is 19.4 Å². The van der Waals surface area contributed by atoms with Crippen molar-refractivity contribution >= 4 is 23.4 Å². The summed E-state index contributed by atoms with van der Waals surface area (Å²) < 4.78 is 11.6. The minimum Gasteiger partial charge on any atom is -0.450 e. The smallest absolute Gasteiger partial charge is 0.410 e. The average molecular weight is 462 g/mol. The van der Waals surface area contributed by atoms with Gasteiger partial charge in [0.25, 0.3) is 0 Å². The molecule has 0 saturated heterocycles. The van der Waals surface area contributed by atoms with Gasteiger partial charge in [-0.15, -0.1) is 0 Å². The largest absolute Gasteiger partial charge is 0.450 e. The third-order valence-corrected chi connectivity index (χ3v) is 5.80. The quantitative estimate of drug-likeness (QED) is 0.501. The molecule has 1 amide bonds. The molecule has 0 radical (unpaired) electrons. The fourth-order valence-corrected chi connectivity index (χ4v) is 4.01. The fourth-order valence-electron chi connectivity index (χ4n) is 4.01. The SMILES string of the molecule is CCOC(=O)N1CCc2nc(Nc3ccc(C)cc3)nc(Oc3c(C)cc(NC)cc3C)c2C1. The first-order valence-electron chi connectivity index (χ1n) is 11.5. The van der Waals surface area contributed by atoms with E-state index in [1.165, 1.54) is 5.56 Å². The average Bonchev–Trinajstić information content (AvgIpc) is 2.82. The minimum absolute atomic E-state index is 0.331. The Labute approximate surface area is 200 Å². The van der Waals surface area contributed by atoms with E-state index in [-0.39, 0.29) is 6.09 Å². The number of nitrogens with one attached hydrogen (secondary N) is 2.